The zero-order chi connectivity index (χ0) is 12.4. The second-order valence-electron chi connectivity index (χ2n) is 7.43. The van der Waals surface area contributed by atoms with E-state index in [1.165, 1.54) is 12.8 Å². The third-order valence-corrected chi connectivity index (χ3v) is 5.85. The molecule has 2 aliphatic carbocycles. The topological polar surface area (TPSA) is 32.8 Å². The summed E-state index contributed by atoms with van der Waals surface area (Å²) in [6.45, 7) is 8.98. The van der Waals surface area contributed by atoms with Crippen molar-refractivity contribution in [3.8, 4) is 0 Å². The van der Waals surface area contributed by atoms with E-state index in [1.807, 2.05) is 6.92 Å². The maximum Gasteiger partial charge on any atom is 0.0923 e. The normalized spacial score (nSPS) is 57.5. The minimum Gasteiger partial charge on any atom is -0.390 e. The fourth-order valence-electron chi connectivity index (χ4n) is 4.63. The lowest BCUT2D eigenvalue weighted by atomic mass is 9.56. The molecule has 98 valence electrons. The highest BCUT2D eigenvalue weighted by atomic mass is 16.6. The highest BCUT2D eigenvalue weighted by Gasteiger charge is 2.63. The molecule has 0 bridgehead atoms. The number of hydrogen-bond donors (Lipinski definition) is 1. The van der Waals surface area contributed by atoms with Crippen LogP contribution in [0.4, 0.5) is 0 Å². The number of fused-ring (bicyclic) bond motifs is 2. The van der Waals surface area contributed by atoms with Crippen molar-refractivity contribution < 1.29 is 9.84 Å². The molecule has 0 aromatic carbocycles. The molecule has 1 heterocycles. The molecule has 2 nitrogen and oxygen atoms in total. The molecule has 0 radical (unpaired) electrons. The van der Waals surface area contributed by atoms with Crippen LogP contribution in [0.3, 0.4) is 0 Å². The summed E-state index contributed by atoms with van der Waals surface area (Å²) in [7, 11) is 0. The molecule has 2 saturated carbocycles. The van der Waals surface area contributed by atoms with Crippen molar-refractivity contribution in [1.82, 2.24) is 0 Å². The van der Waals surface area contributed by atoms with Crippen LogP contribution in [0.25, 0.3) is 0 Å². The van der Waals surface area contributed by atoms with Gasteiger partial charge in [0.2, 0.25) is 0 Å². The van der Waals surface area contributed by atoms with Gasteiger partial charge in [0.1, 0.15) is 0 Å². The summed E-state index contributed by atoms with van der Waals surface area (Å²) in [4.78, 5) is 0. The van der Waals surface area contributed by atoms with Gasteiger partial charge in [0.15, 0.2) is 0 Å². The molecular formula is C15H26O2. The Labute approximate surface area is 105 Å². The Hall–Kier alpha value is -0.0800. The molecule has 1 N–H and O–H groups in total. The second kappa shape index (κ2) is 3.48. The lowest BCUT2D eigenvalue weighted by Gasteiger charge is -2.50. The maximum absolute atomic E-state index is 10.6. The van der Waals surface area contributed by atoms with Crippen LogP contribution in [-0.4, -0.2) is 22.4 Å². The van der Waals surface area contributed by atoms with Gasteiger partial charge in [0.25, 0.3) is 0 Å². The van der Waals surface area contributed by atoms with E-state index in [0.717, 1.165) is 24.7 Å². The van der Waals surface area contributed by atoms with E-state index in [2.05, 4.69) is 20.8 Å². The van der Waals surface area contributed by atoms with E-state index in [1.54, 1.807) is 0 Å². The van der Waals surface area contributed by atoms with E-state index in [-0.39, 0.29) is 5.60 Å². The molecule has 17 heavy (non-hydrogen) atoms. The third-order valence-electron chi connectivity index (χ3n) is 5.85. The van der Waals surface area contributed by atoms with Crippen LogP contribution in [-0.2, 0) is 4.74 Å². The zero-order valence-corrected chi connectivity index (χ0v) is 11.6. The predicted octanol–water partition coefficient (Wildman–Crippen LogP) is 2.99. The quantitative estimate of drug-likeness (QED) is 0.712. The van der Waals surface area contributed by atoms with Crippen LogP contribution in [0.5, 0.6) is 0 Å². The van der Waals surface area contributed by atoms with Crippen molar-refractivity contribution in [2.45, 2.75) is 70.7 Å². The lowest BCUT2D eigenvalue weighted by Crippen LogP contribution is -2.51. The van der Waals surface area contributed by atoms with Crippen LogP contribution >= 0.6 is 0 Å². The van der Waals surface area contributed by atoms with Gasteiger partial charge in [-0.15, -0.1) is 0 Å². The monoisotopic (exact) mass is 238 g/mol. The van der Waals surface area contributed by atoms with E-state index in [4.69, 9.17) is 4.74 Å². The largest absolute Gasteiger partial charge is 0.390 e. The highest BCUT2D eigenvalue weighted by Crippen LogP contribution is 2.59. The summed E-state index contributed by atoms with van der Waals surface area (Å²) in [5.74, 6) is 2.64. The van der Waals surface area contributed by atoms with Crippen LogP contribution in [0.1, 0.15) is 53.4 Å². The number of epoxide rings is 1. The first-order valence-electron chi connectivity index (χ1n) is 7.24. The molecule has 0 aromatic rings. The zero-order valence-electron chi connectivity index (χ0n) is 11.6. The van der Waals surface area contributed by atoms with Crippen molar-refractivity contribution in [2.24, 2.45) is 23.7 Å². The van der Waals surface area contributed by atoms with Crippen molar-refractivity contribution in [3.63, 3.8) is 0 Å². The summed E-state index contributed by atoms with van der Waals surface area (Å²) in [6, 6.07) is 0. The molecule has 1 saturated heterocycles. The summed E-state index contributed by atoms with van der Waals surface area (Å²) >= 11 is 0. The van der Waals surface area contributed by atoms with Crippen LogP contribution in [0.15, 0.2) is 0 Å². The third kappa shape index (κ3) is 1.76. The van der Waals surface area contributed by atoms with Gasteiger partial charge in [-0.1, -0.05) is 13.8 Å². The fraction of sp³-hybridized carbons (Fsp3) is 1.00. The summed E-state index contributed by atoms with van der Waals surface area (Å²) < 4.78 is 5.87. The predicted molar refractivity (Wildman–Crippen MR) is 67.7 cm³/mol. The number of rotatable bonds is 1. The first kappa shape index (κ1) is 12.0. The summed E-state index contributed by atoms with van der Waals surface area (Å²) in [5, 5.41) is 10.6. The Morgan fingerprint density at radius 1 is 1.29 bits per heavy atom. The van der Waals surface area contributed by atoms with Gasteiger partial charge in [0.05, 0.1) is 17.3 Å². The molecule has 3 fully saturated rings. The van der Waals surface area contributed by atoms with E-state index >= 15 is 0 Å². The Balaban J connectivity index is 1.86. The second-order valence-corrected chi connectivity index (χ2v) is 7.43. The Morgan fingerprint density at radius 2 is 2.00 bits per heavy atom. The summed E-state index contributed by atoms with van der Waals surface area (Å²) in [5.41, 5.74) is -0.301. The van der Waals surface area contributed by atoms with Gasteiger partial charge in [0, 0.05) is 0 Å². The Bertz CT molecular complexity index is 323. The average molecular weight is 238 g/mol. The van der Waals surface area contributed by atoms with E-state index in [0.29, 0.717) is 17.9 Å². The van der Waals surface area contributed by atoms with E-state index in [9.17, 15) is 5.11 Å². The van der Waals surface area contributed by atoms with Crippen LogP contribution in [0.2, 0.25) is 0 Å². The molecule has 0 amide bonds. The van der Waals surface area contributed by atoms with Gasteiger partial charge in [-0.2, -0.15) is 0 Å². The van der Waals surface area contributed by atoms with Gasteiger partial charge >= 0.3 is 0 Å². The van der Waals surface area contributed by atoms with Crippen LogP contribution in [0, 0.1) is 23.7 Å². The van der Waals surface area contributed by atoms with Gasteiger partial charge in [-0.05, 0) is 63.2 Å². The smallest absolute Gasteiger partial charge is 0.0923 e. The van der Waals surface area contributed by atoms with Crippen molar-refractivity contribution in [1.29, 1.82) is 0 Å². The van der Waals surface area contributed by atoms with Crippen molar-refractivity contribution >= 4 is 0 Å². The molecule has 0 unspecified atom stereocenters. The molecule has 0 aromatic heterocycles. The molecule has 2 heteroatoms. The molecule has 3 aliphatic rings. The lowest BCUT2D eigenvalue weighted by molar-refractivity contribution is -0.102. The standard InChI is InChI=1S/C15H26O2/c1-9(2)10-5-6-14(3,16)12-7-13-15(4,17-13)8-11(10)12/h9-13,16H,5-8H2,1-4H3/t10-,11-,12+,13+,14-,15-/m1/s1. The SMILES string of the molecule is CC(C)[C@H]1CC[C@@](C)(O)[C@H]2C[C@@H]3O[C@]3(C)C[C@H]12. The average Bonchev–Trinajstić information content (AvgIpc) is 2.85. The van der Waals surface area contributed by atoms with Gasteiger partial charge < -0.3 is 9.84 Å². The first-order valence-corrected chi connectivity index (χ1v) is 7.24. The Kier molecular flexibility index (Phi) is 2.45. The van der Waals surface area contributed by atoms with Crippen LogP contribution < -0.4 is 0 Å². The first-order chi connectivity index (χ1) is 7.83. The molecule has 3 rings (SSSR count). The van der Waals surface area contributed by atoms with E-state index < -0.39 is 5.60 Å². The maximum atomic E-state index is 10.6. The minimum absolute atomic E-state index is 0.154. The van der Waals surface area contributed by atoms with Crippen molar-refractivity contribution in [2.75, 3.05) is 0 Å². The minimum atomic E-state index is -0.455. The number of hydrogen-bond acceptors (Lipinski definition) is 2. The Morgan fingerprint density at radius 3 is 2.65 bits per heavy atom. The molecule has 6 atom stereocenters. The van der Waals surface area contributed by atoms with Gasteiger partial charge in [-0.25, -0.2) is 0 Å². The molecule has 0 spiro atoms. The fourth-order valence-corrected chi connectivity index (χ4v) is 4.63. The number of ether oxygens (including phenoxy) is 1. The molecular weight excluding hydrogens is 212 g/mol. The van der Waals surface area contributed by atoms with Crippen molar-refractivity contribution in [3.05, 3.63) is 0 Å². The summed E-state index contributed by atoms with van der Waals surface area (Å²) in [6.07, 6.45) is 4.84. The molecule has 1 aliphatic heterocycles. The number of aliphatic hydroxyl groups is 1. The van der Waals surface area contributed by atoms with Gasteiger partial charge in [-0.3, -0.25) is 0 Å². The highest BCUT2D eigenvalue weighted by molar-refractivity contribution is 5.11.